The Kier molecular flexibility index (Phi) is 4.74. The molecular weight excluding hydrogens is 280 g/mol. The molecule has 5 nitrogen and oxygen atoms in total. The van der Waals surface area contributed by atoms with Gasteiger partial charge in [-0.05, 0) is 33.3 Å². The number of benzene rings is 1. The maximum atomic E-state index is 12.4. The minimum absolute atomic E-state index is 0.00878. The highest BCUT2D eigenvalue weighted by atomic mass is 16.6. The molecule has 1 aliphatic heterocycles. The maximum absolute atomic E-state index is 12.4. The minimum Gasteiger partial charge on any atom is -0.444 e. The van der Waals surface area contributed by atoms with E-state index < -0.39 is 11.7 Å². The fourth-order valence-electron chi connectivity index (χ4n) is 2.49. The van der Waals surface area contributed by atoms with Crippen LogP contribution in [0.15, 0.2) is 30.3 Å². The van der Waals surface area contributed by atoms with Gasteiger partial charge >= 0.3 is 6.09 Å². The number of nitrogens with zero attached hydrogens (tertiary/aromatic N) is 2. The molecule has 0 bridgehead atoms. The Morgan fingerprint density at radius 1 is 1.18 bits per heavy atom. The smallest absolute Gasteiger partial charge is 0.410 e. The van der Waals surface area contributed by atoms with Crippen molar-refractivity contribution in [3.63, 3.8) is 0 Å². The molecule has 0 aliphatic carbocycles. The van der Waals surface area contributed by atoms with E-state index in [1.165, 1.54) is 4.90 Å². The molecule has 1 aromatic rings. The van der Waals surface area contributed by atoms with Crippen LogP contribution in [-0.2, 0) is 9.53 Å². The van der Waals surface area contributed by atoms with Gasteiger partial charge in [0, 0.05) is 13.1 Å². The van der Waals surface area contributed by atoms with Crippen LogP contribution in [0, 0.1) is 0 Å². The molecule has 1 atom stereocenters. The Morgan fingerprint density at radius 3 is 2.36 bits per heavy atom. The van der Waals surface area contributed by atoms with Gasteiger partial charge < -0.3 is 9.64 Å². The van der Waals surface area contributed by atoms with Crippen molar-refractivity contribution in [1.29, 1.82) is 0 Å². The molecule has 0 radical (unpaired) electrons. The number of carbonyl (C=O) groups excluding carboxylic acids is 2. The largest absolute Gasteiger partial charge is 0.444 e. The molecule has 0 aromatic heterocycles. The van der Waals surface area contributed by atoms with Crippen LogP contribution in [0.1, 0.15) is 39.3 Å². The number of hydrogen-bond donors (Lipinski definition) is 0. The summed E-state index contributed by atoms with van der Waals surface area (Å²) in [4.78, 5) is 27.7. The highest BCUT2D eigenvalue weighted by Crippen LogP contribution is 2.22. The fourth-order valence-corrected chi connectivity index (χ4v) is 2.49. The SMILES string of the molecule is CC(c1ccccc1)N1CCN(C(=O)OC(C)(C)C)CC1=O. The van der Waals surface area contributed by atoms with Crippen LogP contribution in [-0.4, -0.2) is 47.0 Å². The summed E-state index contributed by atoms with van der Waals surface area (Å²) in [6, 6.07) is 9.92. The van der Waals surface area contributed by atoms with Gasteiger partial charge in [0.15, 0.2) is 0 Å². The average molecular weight is 304 g/mol. The molecule has 1 unspecified atom stereocenters. The van der Waals surface area contributed by atoms with Crippen LogP contribution >= 0.6 is 0 Å². The normalized spacial score (nSPS) is 17.4. The molecule has 1 heterocycles. The third-order valence-electron chi connectivity index (χ3n) is 3.66. The zero-order valence-corrected chi connectivity index (χ0v) is 13.7. The van der Waals surface area contributed by atoms with Gasteiger partial charge in [-0.3, -0.25) is 9.69 Å². The summed E-state index contributed by atoms with van der Waals surface area (Å²) in [5.41, 5.74) is 0.552. The fraction of sp³-hybridized carbons (Fsp3) is 0.529. The predicted octanol–water partition coefficient (Wildman–Crippen LogP) is 2.83. The van der Waals surface area contributed by atoms with Crippen LogP contribution in [0.3, 0.4) is 0 Å². The van der Waals surface area contributed by atoms with Gasteiger partial charge in [-0.1, -0.05) is 30.3 Å². The summed E-state index contributed by atoms with van der Waals surface area (Å²) < 4.78 is 5.32. The van der Waals surface area contributed by atoms with E-state index in [4.69, 9.17) is 4.74 Å². The second-order valence-corrected chi connectivity index (χ2v) is 6.58. The van der Waals surface area contributed by atoms with E-state index >= 15 is 0 Å². The van der Waals surface area contributed by atoms with Crippen molar-refractivity contribution in [2.45, 2.75) is 39.3 Å². The van der Waals surface area contributed by atoms with Crippen molar-refractivity contribution in [3.05, 3.63) is 35.9 Å². The summed E-state index contributed by atoms with van der Waals surface area (Å²) >= 11 is 0. The molecule has 0 spiro atoms. The molecule has 5 heteroatoms. The second kappa shape index (κ2) is 6.38. The van der Waals surface area contributed by atoms with Gasteiger partial charge in [0.25, 0.3) is 0 Å². The monoisotopic (exact) mass is 304 g/mol. The van der Waals surface area contributed by atoms with Gasteiger partial charge in [-0.2, -0.15) is 0 Å². The molecular formula is C17H24N2O3. The van der Waals surface area contributed by atoms with Gasteiger partial charge in [-0.15, -0.1) is 0 Å². The molecule has 1 fully saturated rings. The van der Waals surface area contributed by atoms with E-state index in [-0.39, 0.29) is 18.5 Å². The Balaban J connectivity index is 1.98. The van der Waals surface area contributed by atoms with E-state index in [1.807, 2.05) is 62.9 Å². The van der Waals surface area contributed by atoms with E-state index in [2.05, 4.69) is 0 Å². The zero-order valence-electron chi connectivity index (χ0n) is 13.7. The lowest BCUT2D eigenvalue weighted by molar-refractivity contribution is -0.138. The van der Waals surface area contributed by atoms with E-state index in [0.29, 0.717) is 13.1 Å². The Morgan fingerprint density at radius 2 is 1.82 bits per heavy atom. The van der Waals surface area contributed by atoms with E-state index in [0.717, 1.165) is 5.56 Å². The number of amides is 2. The predicted molar refractivity (Wildman–Crippen MR) is 84.4 cm³/mol. The summed E-state index contributed by atoms with van der Waals surface area (Å²) in [7, 11) is 0. The number of rotatable bonds is 2. The van der Waals surface area contributed by atoms with Crippen LogP contribution in [0.5, 0.6) is 0 Å². The topological polar surface area (TPSA) is 49.9 Å². The lowest BCUT2D eigenvalue weighted by Gasteiger charge is -2.38. The van der Waals surface area contributed by atoms with Crippen molar-refractivity contribution >= 4 is 12.0 Å². The maximum Gasteiger partial charge on any atom is 0.410 e. The van der Waals surface area contributed by atoms with Crippen LogP contribution in [0.2, 0.25) is 0 Å². The molecule has 0 N–H and O–H groups in total. The number of ether oxygens (including phenoxy) is 1. The van der Waals surface area contributed by atoms with Crippen molar-refractivity contribution in [2.24, 2.45) is 0 Å². The van der Waals surface area contributed by atoms with E-state index in [9.17, 15) is 9.59 Å². The number of hydrogen-bond acceptors (Lipinski definition) is 3. The van der Waals surface area contributed by atoms with Crippen LogP contribution in [0.25, 0.3) is 0 Å². The first-order chi connectivity index (χ1) is 10.3. The third-order valence-corrected chi connectivity index (χ3v) is 3.66. The van der Waals surface area contributed by atoms with Gasteiger partial charge in [0.1, 0.15) is 12.1 Å². The first-order valence-corrected chi connectivity index (χ1v) is 7.60. The molecule has 2 amide bonds. The molecule has 22 heavy (non-hydrogen) atoms. The Hall–Kier alpha value is -2.04. The summed E-state index contributed by atoms with van der Waals surface area (Å²) in [6.45, 7) is 8.57. The quantitative estimate of drug-likeness (QED) is 0.844. The lowest BCUT2D eigenvalue weighted by atomic mass is 10.1. The molecule has 1 aromatic carbocycles. The first-order valence-electron chi connectivity index (χ1n) is 7.60. The standard InChI is InChI=1S/C17H24N2O3/c1-13(14-8-6-5-7-9-14)19-11-10-18(12-15(19)20)16(21)22-17(2,3)4/h5-9,13H,10-12H2,1-4H3. The summed E-state index contributed by atoms with van der Waals surface area (Å²) in [6.07, 6.45) is -0.423. The van der Waals surface area contributed by atoms with Crippen molar-refractivity contribution in [3.8, 4) is 0 Å². The molecule has 1 saturated heterocycles. The molecule has 2 rings (SSSR count). The van der Waals surface area contributed by atoms with Crippen LogP contribution < -0.4 is 0 Å². The number of carbonyl (C=O) groups is 2. The van der Waals surface area contributed by atoms with Crippen molar-refractivity contribution in [2.75, 3.05) is 19.6 Å². The number of piperazine rings is 1. The molecule has 120 valence electrons. The summed E-state index contributed by atoms with van der Waals surface area (Å²) in [5.74, 6) is -0.0477. The zero-order chi connectivity index (χ0) is 16.3. The third kappa shape index (κ3) is 4.00. The van der Waals surface area contributed by atoms with Gasteiger partial charge in [0.05, 0.1) is 6.04 Å². The van der Waals surface area contributed by atoms with Gasteiger partial charge in [-0.25, -0.2) is 4.79 Å². The van der Waals surface area contributed by atoms with E-state index in [1.54, 1.807) is 0 Å². The van der Waals surface area contributed by atoms with Gasteiger partial charge in [0.2, 0.25) is 5.91 Å². The highest BCUT2D eigenvalue weighted by molar-refractivity contribution is 5.84. The second-order valence-electron chi connectivity index (χ2n) is 6.58. The Labute approximate surface area is 131 Å². The minimum atomic E-state index is -0.547. The molecule has 0 saturated carbocycles. The molecule has 1 aliphatic rings. The lowest BCUT2D eigenvalue weighted by Crippen LogP contribution is -2.53. The van der Waals surface area contributed by atoms with Crippen LogP contribution in [0.4, 0.5) is 4.79 Å². The first kappa shape index (κ1) is 16.3. The van der Waals surface area contributed by atoms with Crippen molar-refractivity contribution < 1.29 is 14.3 Å². The Bertz CT molecular complexity index is 537. The highest BCUT2D eigenvalue weighted by Gasteiger charge is 2.32. The summed E-state index contributed by atoms with van der Waals surface area (Å²) in [5, 5.41) is 0. The average Bonchev–Trinajstić information content (AvgIpc) is 2.45. The van der Waals surface area contributed by atoms with Crippen molar-refractivity contribution in [1.82, 2.24) is 9.80 Å².